The number of likely N-dealkylation sites (tertiary alicyclic amines) is 1. The molecule has 2 atom stereocenters. The number of benzene rings is 2. The van der Waals surface area contributed by atoms with E-state index >= 15 is 0 Å². The summed E-state index contributed by atoms with van der Waals surface area (Å²) in [5.74, 6) is 0.379. The van der Waals surface area contributed by atoms with Crippen LogP contribution in [0.3, 0.4) is 0 Å². The summed E-state index contributed by atoms with van der Waals surface area (Å²) in [6.45, 7) is 6.33. The summed E-state index contributed by atoms with van der Waals surface area (Å²) in [7, 11) is 1.67. The molecule has 2 amide bonds. The van der Waals surface area contributed by atoms with E-state index in [4.69, 9.17) is 4.74 Å². The average molecular weight is 424 g/mol. The monoisotopic (exact) mass is 423 g/mol. The van der Waals surface area contributed by atoms with Crippen LogP contribution in [0.15, 0.2) is 54.6 Å². The van der Waals surface area contributed by atoms with Gasteiger partial charge in [-0.15, -0.1) is 0 Å². The van der Waals surface area contributed by atoms with Crippen molar-refractivity contribution in [3.05, 3.63) is 65.7 Å². The Morgan fingerprint density at radius 2 is 1.65 bits per heavy atom. The number of carbonyl (C=O) groups is 2. The lowest BCUT2D eigenvalue weighted by Crippen LogP contribution is -2.51. The summed E-state index contributed by atoms with van der Waals surface area (Å²) in [4.78, 5) is 28.1. The highest BCUT2D eigenvalue weighted by molar-refractivity contribution is 5.97. The summed E-state index contributed by atoms with van der Waals surface area (Å²) < 4.78 is 5.58. The second-order valence-corrected chi connectivity index (χ2v) is 8.31. The number of nitrogens with one attached hydrogen (secondary N) is 2. The van der Waals surface area contributed by atoms with Gasteiger partial charge in [-0.1, -0.05) is 50.2 Å². The van der Waals surface area contributed by atoms with Gasteiger partial charge in [0.2, 0.25) is 5.91 Å². The van der Waals surface area contributed by atoms with E-state index < -0.39 is 6.04 Å². The van der Waals surface area contributed by atoms with Crippen LogP contribution in [-0.4, -0.2) is 49.5 Å². The molecular formula is C25H33N3O3. The molecule has 6 heteroatoms. The maximum Gasteiger partial charge on any atom is 0.251 e. The lowest BCUT2D eigenvalue weighted by Gasteiger charge is -2.30. The maximum atomic E-state index is 13.1. The van der Waals surface area contributed by atoms with Gasteiger partial charge in [0.1, 0.15) is 11.8 Å². The Morgan fingerprint density at radius 3 is 2.29 bits per heavy atom. The fourth-order valence-electron chi connectivity index (χ4n) is 4.09. The van der Waals surface area contributed by atoms with Crippen molar-refractivity contribution in [2.24, 2.45) is 5.92 Å². The molecule has 1 fully saturated rings. The molecule has 1 aliphatic rings. The fourth-order valence-corrected chi connectivity index (χ4v) is 4.09. The number of rotatable bonds is 9. The van der Waals surface area contributed by atoms with Gasteiger partial charge in [-0.05, 0) is 50.0 Å². The van der Waals surface area contributed by atoms with Gasteiger partial charge in [0.25, 0.3) is 5.91 Å². The molecule has 2 unspecified atom stereocenters. The third kappa shape index (κ3) is 5.85. The standard InChI is InChI=1S/C25H33N3O3/c1-18(2)23(27-24(29)19-11-5-4-6-12-19)25(30)26-17-21(28-15-9-10-16-28)20-13-7-8-14-22(20)31-3/h4-8,11-14,18,21,23H,9-10,15-17H2,1-3H3,(H,26,30)(H,27,29). The molecule has 3 rings (SSSR count). The van der Waals surface area contributed by atoms with Crippen LogP contribution in [0.2, 0.25) is 0 Å². The van der Waals surface area contributed by atoms with Crippen LogP contribution in [-0.2, 0) is 4.79 Å². The molecule has 0 aromatic heterocycles. The number of para-hydroxylation sites is 1. The van der Waals surface area contributed by atoms with Crippen molar-refractivity contribution in [1.29, 1.82) is 0 Å². The summed E-state index contributed by atoms with van der Waals surface area (Å²) in [5, 5.41) is 6.00. The molecule has 1 heterocycles. The van der Waals surface area contributed by atoms with E-state index in [2.05, 4.69) is 21.6 Å². The summed E-state index contributed by atoms with van der Waals surface area (Å²) in [5.41, 5.74) is 1.62. The molecule has 0 spiro atoms. The highest BCUT2D eigenvalue weighted by Gasteiger charge is 2.29. The Balaban J connectivity index is 1.71. The Bertz CT molecular complexity index is 863. The molecule has 2 aromatic carbocycles. The lowest BCUT2D eigenvalue weighted by molar-refractivity contribution is -0.124. The smallest absolute Gasteiger partial charge is 0.251 e. The van der Waals surface area contributed by atoms with Crippen molar-refractivity contribution in [2.75, 3.05) is 26.7 Å². The van der Waals surface area contributed by atoms with Crippen LogP contribution >= 0.6 is 0 Å². The van der Waals surface area contributed by atoms with Crippen molar-refractivity contribution < 1.29 is 14.3 Å². The molecule has 0 radical (unpaired) electrons. The molecule has 2 aromatic rings. The second kappa shape index (κ2) is 11.0. The number of hydrogen-bond acceptors (Lipinski definition) is 4. The minimum atomic E-state index is -0.607. The fraction of sp³-hybridized carbons (Fsp3) is 0.440. The van der Waals surface area contributed by atoms with E-state index in [9.17, 15) is 9.59 Å². The van der Waals surface area contributed by atoms with Gasteiger partial charge >= 0.3 is 0 Å². The van der Waals surface area contributed by atoms with Crippen molar-refractivity contribution in [3.8, 4) is 5.75 Å². The first kappa shape index (κ1) is 22.8. The molecule has 0 aliphatic carbocycles. The number of methoxy groups -OCH3 is 1. The van der Waals surface area contributed by atoms with Crippen LogP contribution in [0, 0.1) is 5.92 Å². The predicted octanol–water partition coefficient (Wildman–Crippen LogP) is 3.40. The van der Waals surface area contributed by atoms with E-state index in [1.54, 1.807) is 19.2 Å². The first-order chi connectivity index (χ1) is 15.0. The minimum absolute atomic E-state index is 0.0280. The van der Waals surface area contributed by atoms with Crippen LogP contribution in [0.5, 0.6) is 5.75 Å². The van der Waals surface area contributed by atoms with Gasteiger partial charge < -0.3 is 15.4 Å². The number of amides is 2. The Kier molecular flexibility index (Phi) is 8.06. The molecule has 6 nitrogen and oxygen atoms in total. The first-order valence-electron chi connectivity index (χ1n) is 11.0. The van der Waals surface area contributed by atoms with Gasteiger partial charge in [-0.2, -0.15) is 0 Å². The topological polar surface area (TPSA) is 70.7 Å². The van der Waals surface area contributed by atoms with Crippen LogP contribution < -0.4 is 15.4 Å². The molecular weight excluding hydrogens is 390 g/mol. The van der Waals surface area contributed by atoms with Crippen molar-refractivity contribution in [3.63, 3.8) is 0 Å². The van der Waals surface area contributed by atoms with E-state index in [0.717, 1.165) is 37.2 Å². The molecule has 166 valence electrons. The quantitative estimate of drug-likeness (QED) is 0.649. The second-order valence-electron chi connectivity index (χ2n) is 8.31. The van der Waals surface area contributed by atoms with Crippen molar-refractivity contribution in [2.45, 2.75) is 38.8 Å². The Morgan fingerprint density at radius 1 is 1.00 bits per heavy atom. The van der Waals surface area contributed by atoms with Gasteiger partial charge in [-0.25, -0.2) is 0 Å². The largest absolute Gasteiger partial charge is 0.496 e. The maximum absolute atomic E-state index is 13.1. The zero-order valence-corrected chi connectivity index (χ0v) is 18.6. The van der Waals surface area contributed by atoms with Crippen molar-refractivity contribution in [1.82, 2.24) is 15.5 Å². The highest BCUT2D eigenvalue weighted by Crippen LogP contribution is 2.31. The molecule has 0 saturated carbocycles. The van der Waals surface area contributed by atoms with Crippen LogP contribution in [0.25, 0.3) is 0 Å². The Hall–Kier alpha value is -2.86. The minimum Gasteiger partial charge on any atom is -0.496 e. The molecule has 31 heavy (non-hydrogen) atoms. The van der Waals surface area contributed by atoms with Gasteiger partial charge in [-0.3, -0.25) is 14.5 Å². The van der Waals surface area contributed by atoms with Gasteiger partial charge in [0.05, 0.1) is 13.2 Å². The zero-order valence-electron chi connectivity index (χ0n) is 18.6. The summed E-state index contributed by atoms with van der Waals surface area (Å²) >= 11 is 0. The number of nitrogens with zero attached hydrogens (tertiary/aromatic N) is 1. The van der Waals surface area contributed by atoms with E-state index in [1.165, 1.54) is 0 Å². The van der Waals surface area contributed by atoms with Crippen molar-refractivity contribution >= 4 is 11.8 Å². The molecule has 1 aliphatic heterocycles. The third-order valence-corrected chi connectivity index (χ3v) is 5.82. The van der Waals surface area contributed by atoms with Gasteiger partial charge in [0, 0.05) is 17.7 Å². The SMILES string of the molecule is COc1ccccc1C(CNC(=O)C(NC(=O)c1ccccc1)C(C)C)N1CCCC1. The third-order valence-electron chi connectivity index (χ3n) is 5.82. The molecule has 0 bridgehead atoms. The predicted molar refractivity (Wildman–Crippen MR) is 122 cm³/mol. The normalized spacial score (nSPS) is 16.0. The average Bonchev–Trinajstić information content (AvgIpc) is 3.32. The number of carbonyl (C=O) groups excluding carboxylic acids is 2. The van der Waals surface area contributed by atoms with Gasteiger partial charge in [0.15, 0.2) is 0 Å². The number of ether oxygens (including phenoxy) is 1. The van der Waals surface area contributed by atoms with E-state index in [1.807, 2.05) is 50.2 Å². The lowest BCUT2D eigenvalue weighted by atomic mass is 10.0. The van der Waals surface area contributed by atoms with Crippen LogP contribution in [0.1, 0.15) is 48.7 Å². The molecule has 1 saturated heterocycles. The number of hydrogen-bond donors (Lipinski definition) is 2. The van der Waals surface area contributed by atoms with Crippen LogP contribution in [0.4, 0.5) is 0 Å². The highest BCUT2D eigenvalue weighted by atomic mass is 16.5. The van der Waals surface area contributed by atoms with E-state index in [0.29, 0.717) is 12.1 Å². The first-order valence-corrected chi connectivity index (χ1v) is 11.0. The van der Waals surface area contributed by atoms with E-state index in [-0.39, 0.29) is 23.8 Å². The summed E-state index contributed by atoms with van der Waals surface area (Å²) in [6.07, 6.45) is 2.31. The zero-order chi connectivity index (χ0) is 22.2. The summed E-state index contributed by atoms with van der Waals surface area (Å²) in [6, 6.07) is 16.4. The Labute approximate surface area is 185 Å². The molecule has 2 N–H and O–H groups in total.